The maximum absolute atomic E-state index is 12.2. The fourth-order valence-electron chi connectivity index (χ4n) is 2.77. The number of piperazine rings is 1. The zero-order chi connectivity index (χ0) is 19.8. The van der Waals surface area contributed by atoms with Crippen molar-refractivity contribution in [3.63, 3.8) is 0 Å². The number of amides is 1. The largest absolute Gasteiger partial charge is 0.482 e. The second kappa shape index (κ2) is 9.37. The van der Waals surface area contributed by atoms with Gasteiger partial charge in [0.1, 0.15) is 11.6 Å². The van der Waals surface area contributed by atoms with Gasteiger partial charge in [0.15, 0.2) is 13.2 Å². The highest BCUT2D eigenvalue weighted by Gasteiger charge is 2.22. The van der Waals surface area contributed by atoms with Crippen molar-refractivity contribution in [2.75, 3.05) is 44.3 Å². The molecule has 2 heterocycles. The minimum Gasteiger partial charge on any atom is -0.482 e. The minimum absolute atomic E-state index is 0.229. The smallest absolute Gasteiger partial charge is 0.344 e. The maximum Gasteiger partial charge on any atom is 0.344 e. The van der Waals surface area contributed by atoms with Gasteiger partial charge >= 0.3 is 5.97 Å². The number of hydrogen-bond donors (Lipinski definition) is 0. The van der Waals surface area contributed by atoms with Crippen molar-refractivity contribution in [3.05, 3.63) is 54.2 Å². The highest BCUT2D eigenvalue weighted by Crippen LogP contribution is 2.13. The van der Waals surface area contributed by atoms with E-state index in [1.807, 2.05) is 24.3 Å². The number of nitrogens with zero attached hydrogens (tertiary/aromatic N) is 4. The van der Waals surface area contributed by atoms with Gasteiger partial charge in [-0.25, -0.2) is 9.78 Å². The van der Waals surface area contributed by atoms with Crippen molar-refractivity contribution >= 4 is 17.7 Å². The molecule has 1 amide bonds. The quantitative estimate of drug-likeness (QED) is 0.695. The molecule has 0 radical (unpaired) electrons. The number of benzene rings is 1. The zero-order valence-corrected chi connectivity index (χ0v) is 15.3. The van der Waals surface area contributed by atoms with E-state index in [-0.39, 0.29) is 19.1 Å². The topological polar surface area (TPSA) is 95.8 Å². The van der Waals surface area contributed by atoms with Gasteiger partial charge in [-0.1, -0.05) is 6.07 Å². The Labute approximate surface area is 162 Å². The van der Waals surface area contributed by atoms with Crippen LogP contribution in [0.3, 0.4) is 0 Å². The van der Waals surface area contributed by atoms with Gasteiger partial charge in [0.05, 0.1) is 11.6 Å². The normalized spacial score (nSPS) is 13.5. The molecule has 0 bridgehead atoms. The lowest BCUT2D eigenvalue weighted by molar-refractivity contribution is -0.153. The van der Waals surface area contributed by atoms with Gasteiger partial charge in [0.25, 0.3) is 5.91 Å². The molecule has 1 aliphatic rings. The Bertz CT molecular complexity index is 841. The van der Waals surface area contributed by atoms with Gasteiger partial charge in [0, 0.05) is 32.4 Å². The molecule has 3 rings (SSSR count). The van der Waals surface area contributed by atoms with E-state index < -0.39 is 5.97 Å². The molecule has 1 aromatic heterocycles. The monoisotopic (exact) mass is 380 g/mol. The lowest BCUT2D eigenvalue weighted by atomic mass is 10.2. The van der Waals surface area contributed by atoms with E-state index in [2.05, 4.69) is 9.88 Å². The molecular formula is C20H20N4O4. The third-order valence-electron chi connectivity index (χ3n) is 4.30. The zero-order valence-electron chi connectivity index (χ0n) is 15.3. The Morgan fingerprint density at radius 2 is 1.79 bits per heavy atom. The Balaban J connectivity index is 1.37. The lowest BCUT2D eigenvalue weighted by Crippen LogP contribution is -2.50. The van der Waals surface area contributed by atoms with Crippen LogP contribution in [-0.4, -0.2) is 61.2 Å². The van der Waals surface area contributed by atoms with Crippen molar-refractivity contribution in [1.29, 1.82) is 5.26 Å². The predicted octanol–water partition coefficient (Wildman–Crippen LogP) is 1.22. The summed E-state index contributed by atoms with van der Waals surface area (Å²) in [5.74, 6) is 0.492. The fraction of sp³-hybridized carbons (Fsp3) is 0.300. The molecule has 8 nitrogen and oxygen atoms in total. The number of pyridine rings is 1. The average Bonchev–Trinajstić information content (AvgIpc) is 2.77. The Hall–Kier alpha value is -3.60. The fourth-order valence-corrected chi connectivity index (χ4v) is 2.77. The third kappa shape index (κ3) is 5.20. The molecule has 28 heavy (non-hydrogen) atoms. The van der Waals surface area contributed by atoms with Gasteiger partial charge in [-0.05, 0) is 36.4 Å². The first kappa shape index (κ1) is 19.2. The minimum atomic E-state index is -0.621. The van der Waals surface area contributed by atoms with Crippen LogP contribution in [0.15, 0.2) is 48.7 Å². The summed E-state index contributed by atoms with van der Waals surface area (Å²) in [6.45, 7) is 1.85. The highest BCUT2D eigenvalue weighted by molar-refractivity contribution is 5.81. The van der Waals surface area contributed by atoms with Crippen molar-refractivity contribution in [2.24, 2.45) is 0 Å². The number of aromatic nitrogens is 1. The molecular weight excluding hydrogens is 360 g/mol. The van der Waals surface area contributed by atoms with Gasteiger partial charge in [0.2, 0.25) is 0 Å². The van der Waals surface area contributed by atoms with Crippen LogP contribution in [0.4, 0.5) is 5.82 Å². The van der Waals surface area contributed by atoms with Gasteiger partial charge in [-0.15, -0.1) is 0 Å². The number of carbonyl (C=O) groups is 2. The second-order valence-corrected chi connectivity index (χ2v) is 6.14. The van der Waals surface area contributed by atoms with Crippen molar-refractivity contribution in [2.45, 2.75) is 0 Å². The van der Waals surface area contributed by atoms with E-state index in [9.17, 15) is 9.59 Å². The molecule has 1 fully saturated rings. The summed E-state index contributed by atoms with van der Waals surface area (Å²) in [7, 11) is 0. The van der Waals surface area contributed by atoms with Gasteiger partial charge in [-0.2, -0.15) is 5.26 Å². The summed E-state index contributed by atoms with van der Waals surface area (Å²) in [4.78, 5) is 32.1. The molecule has 0 aliphatic carbocycles. The Morgan fingerprint density at radius 3 is 2.43 bits per heavy atom. The standard InChI is InChI=1S/C20H20N4O4/c21-13-16-4-6-17(7-5-16)27-15-20(26)28-14-19(25)24-11-9-23(10-12-24)18-3-1-2-8-22-18/h1-8H,9-12,14-15H2. The third-order valence-corrected chi connectivity index (χ3v) is 4.30. The van der Waals surface area contributed by atoms with Crippen LogP contribution in [0.2, 0.25) is 0 Å². The molecule has 2 aromatic rings. The number of hydrogen-bond acceptors (Lipinski definition) is 7. The Kier molecular flexibility index (Phi) is 6.41. The van der Waals surface area contributed by atoms with E-state index in [0.29, 0.717) is 37.5 Å². The molecule has 1 saturated heterocycles. The molecule has 0 N–H and O–H groups in total. The number of nitriles is 1. The molecule has 0 spiro atoms. The van der Waals surface area contributed by atoms with Crippen molar-refractivity contribution in [3.8, 4) is 11.8 Å². The average molecular weight is 380 g/mol. The molecule has 1 aromatic carbocycles. The number of ether oxygens (including phenoxy) is 2. The SMILES string of the molecule is N#Cc1ccc(OCC(=O)OCC(=O)N2CCN(c3ccccn3)CC2)cc1. The summed E-state index contributed by atoms with van der Waals surface area (Å²) in [5.41, 5.74) is 0.503. The van der Waals surface area contributed by atoms with Crippen molar-refractivity contribution < 1.29 is 19.1 Å². The first-order valence-corrected chi connectivity index (χ1v) is 8.88. The van der Waals surface area contributed by atoms with Crippen LogP contribution < -0.4 is 9.64 Å². The number of carbonyl (C=O) groups excluding carboxylic acids is 2. The molecule has 0 atom stereocenters. The van der Waals surface area contributed by atoms with E-state index in [4.69, 9.17) is 14.7 Å². The number of rotatable bonds is 6. The molecule has 144 valence electrons. The first-order chi connectivity index (χ1) is 13.7. The number of esters is 1. The molecule has 8 heteroatoms. The molecule has 0 unspecified atom stereocenters. The second-order valence-electron chi connectivity index (χ2n) is 6.14. The summed E-state index contributed by atoms with van der Waals surface area (Å²) in [5, 5.41) is 8.74. The summed E-state index contributed by atoms with van der Waals surface area (Å²) >= 11 is 0. The van der Waals surface area contributed by atoms with Crippen LogP contribution in [0.25, 0.3) is 0 Å². The maximum atomic E-state index is 12.2. The lowest BCUT2D eigenvalue weighted by Gasteiger charge is -2.35. The van der Waals surface area contributed by atoms with Crippen LogP contribution in [0, 0.1) is 11.3 Å². The highest BCUT2D eigenvalue weighted by atomic mass is 16.6. The molecule has 0 saturated carbocycles. The van der Waals surface area contributed by atoms with Gasteiger partial charge in [-0.3, -0.25) is 4.79 Å². The van der Waals surface area contributed by atoms with Crippen LogP contribution in [0.5, 0.6) is 5.75 Å². The predicted molar refractivity (Wildman–Crippen MR) is 101 cm³/mol. The van der Waals surface area contributed by atoms with Crippen LogP contribution in [0.1, 0.15) is 5.56 Å². The van der Waals surface area contributed by atoms with E-state index in [1.54, 1.807) is 35.4 Å². The summed E-state index contributed by atoms with van der Waals surface area (Å²) in [6, 6.07) is 14.1. The Morgan fingerprint density at radius 1 is 1.04 bits per heavy atom. The summed E-state index contributed by atoms with van der Waals surface area (Å²) < 4.78 is 10.3. The van der Waals surface area contributed by atoms with E-state index >= 15 is 0 Å². The van der Waals surface area contributed by atoms with Crippen molar-refractivity contribution in [1.82, 2.24) is 9.88 Å². The summed E-state index contributed by atoms with van der Waals surface area (Å²) in [6.07, 6.45) is 1.74. The van der Waals surface area contributed by atoms with E-state index in [1.165, 1.54) is 0 Å². The van der Waals surface area contributed by atoms with Crippen LogP contribution >= 0.6 is 0 Å². The molecule has 1 aliphatic heterocycles. The van der Waals surface area contributed by atoms with Gasteiger partial charge < -0.3 is 19.3 Å². The number of anilines is 1. The first-order valence-electron chi connectivity index (χ1n) is 8.88. The van der Waals surface area contributed by atoms with E-state index in [0.717, 1.165) is 5.82 Å². The van der Waals surface area contributed by atoms with Crippen LogP contribution in [-0.2, 0) is 14.3 Å².